The first-order valence-electron chi connectivity index (χ1n) is 9.61. The van der Waals surface area contributed by atoms with Crippen LogP contribution in [0.2, 0.25) is 0 Å². The minimum Gasteiger partial charge on any atom is -0.507 e. The summed E-state index contributed by atoms with van der Waals surface area (Å²) in [4.78, 5) is 31.5. The van der Waals surface area contributed by atoms with Crippen molar-refractivity contribution in [2.45, 2.75) is 13.0 Å². The molecule has 3 aromatic rings. The highest BCUT2D eigenvalue weighted by molar-refractivity contribution is 6.51. The van der Waals surface area contributed by atoms with Crippen LogP contribution in [0.3, 0.4) is 0 Å². The van der Waals surface area contributed by atoms with E-state index in [1.807, 2.05) is 13.0 Å². The van der Waals surface area contributed by atoms with Gasteiger partial charge in [0.15, 0.2) is 0 Å². The Labute approximate surface area is 174 Å². The maximum absolute atomic E-state index is 13.0. The van der Waals surface area contributed by atoms with Gasteiger partial charge in [-0.3, -0.25) is 19.5 Å². The molecule has 1 atom stereocenters. The van der Waals surface area contributed by atoms with E-state index in [0.717, 1.165) is 0 Å². The number of aliphatic hydroxyl groups is 1. The van der Waals surface area contributed by atoms with Crippen LogP contribution >= 0.6 is 0 Å². The second-order valence-corrected chi connectivity index (χ2v) is 6.75. The van der Waals surface area contributed by atoms with E-state index in [2.05, 4.69) is 4.98 Å². The molecule has 1 aromatic heterocycles. The molecule has 1 N–H and O–H groups in total. The van der Waals surface area contributed by atoms with Gasteiger partial charge in [-0.1, -0.05) is 30.3 Å². The van der Waals surface area contributed by atoms with E-state index in [-0.39, 0.29) is 11.3 Å². The Bertz CT molecular complexity index is 1110. The van der Waals surface area contributed by atoms with Gasteiger partial charge in [-0.2, -0.15) is 0 Å². The number of ketones is 1. The molecule has 1 saturated heterocycles. The van der Waals surface area contributed by atoms with Crippen molar-refractivity contribution in [3.05, 3.63) is 95.8 Å². The number of aromatic nitrogens is 1. The third-order valence-corrected chi connectivity index (χ3v) is 4.92. The van der Waals surface area contributed by atoms with E-state index < -0.39 is 17.7 Å². The number of carbonyl (C=O) groups is 2. The standard InChI is InChI=1S/C24H20N2O4/c1-2-30-19-10-6-7-17(15-19)22(27)20-21(16-11-13-25-14-12-16)26(24(29)23(20)28)18-8-4-3-5-9-18/h3-15,21,27H,2H2,1H3/b22-20-. The van der Waals surface area contributed by atoms with Gasteiger partial charge in [0.2, 0.25) is 0 Å². The summed E-state index contributed by atoms with van der Waals surface area (Å²) in [5.74, 6) is -1.10. The zero-order chi connectivity index (χ0) is 21.1. The number of anilines is 1. The van der Waals surface area contributed by atoms with Crippen molar-refractivity contribution in [1.82, 2.24) is 4.98 Å². The first kappa shape index (κ1) is 19.4. The number of ether oxygens (including phenoxy) is 1. The van der Waals surface area contributed by atoms with Crippen molar-refractivity contribution in [3.63, 3.8) is 0 Å². The van der Waals surface area contributed by atoms with Gasteiger partial charge < -0.3 is 9.84 Å². The predicted molar refractivity (Wildman–Crippen MR) is 113 cm³/mol. The number of hydrogen-bond donors (Lipinski definition) is 1. The highest BCUT2D eigenvalue weighted by Gasteiger charge is 2.46. The van der Waals surface area contributed by atoms with Gasteiger partial charge in [-0.05, 0) is 48.9 Å². The highest BCUT2D eigenvalue weighted by atomic mass is 16.5. The molecular weight excluding hydrogens is 380 g/mol. The zero-order valence-electron chi connectivity index (χ0n) is 16.4. The van der Waals surface area contributed by atoms with Gasteiger partial charge in [0.1, 0.15) is 11.5 Å². The predicted octanol–water partition coefficient (Wildman–Crippen LogP) is 4.11. The zero-order valence-corrected chi connectivity index (χ0v) is 16.4. The van der Waals surface area contributed by atoms with Crippen LogP contribution in [0, 0.1) is 0 Å². The topological polar surface area (TPSA) is 79.7 Å². The average Bonchev–Trinajstić information content (AvgIpc) is 3.05. The van der Waals surface area contributed by atoms with Gasteiger partial charge in [0, 0.05) is 23.6 Å². The molecule has 150 valence electrons. The summed E-state index contributed by atoms with van der Waals surface area (Å²) in [6.45, 7) is 2.33. The van der Waals surface area contributed by atoms with Crippen LogP contribution in [-0.2, 0) is 9.59 Å². The Kier molecular flexibility index (Phi) is 5.30. The lowest BCUT2D eigenvalue weighted by Crippen LogP contribution is -2.29. The van der Waals surface area contributed by atoms with Crippen LogP contribution in [0.1, 0.15) is 24.1 Å². The van der Waals surface area contributed by atoms with Crippen molar-refractivity contribution in [2.24, 2.45) is 0 Å². The molecule has 0 spiro atoms. The Morgan fingerprint density at radius 2 is 1.77 bits per heavy atom. The molecule has 0 bridgehead atoms. The fourth-order valence-corrected chi connectivity index (χ4v) is 3.60. The van der Waals surface area contributed by atoms with Gasteiger partial charge in [-0.15, -0.1) is 0 Å². The monoisotopic (exact) mass is 400 g/mol. The van der Waals surface area contributed by atoms with E-state index in [1.54, 1.807) is 73.1 Å². The largest absolute Gasteiger partial charge is 0.507 e. The number of nitrogens with zero attached hydrogens (tertiary/aromatic N) is 2. The van der Waals surface area contributed by atoms with E-state index in [4.69, 9.17) is 4.74 Å². The number of rotatable bonds is 5. The fourth-order valence-electron chi connectivity index (χ4n) is 3.60. The summed E-state index contributed by atoms with van der Waals surface area (Å²) in [7, 11) is 0. The van der Waals surface area contributed by atoms with Crippen LogP contribution < -0.4 is 9.64 Å². The molecule has 0 aliphatic carbocycles. The quantitative estimate of drug-likeness (QED) is 0.396. The third-order valence-electron chi connectivity index (χ3n) is 4.92. The van der Waals surface area contributed by atoms with E-state index in [1.165, 1.54) is 4.90 Å². The summed E-state index contributed by atoms with van der Waals surface area (Å²) in [6.07, 6.45) is 3.19. The van der Waals surface area contributed by atoms with Crippen molar-refractivity contribution >= 4 is 23.1 Å². The molecule has 0 saturated carbocycles. The molecule has 1 aliphatic heterocycles. The normalized spacial score (nSPS) is 17.9. The summed E-state index contributed by atoms with van der Waals surface area (Å²) >= 11 is 0. The molecule has 2 heterocycles. The Morgan fingerprint density at radius 3 is 2.47 bits per heavy atom. The van der Waals surface area contributed by atoms with Crippen molar-refractivity contribution < 1.29 is 19.4 Å². The Hall–Kier alpha value is -3.93. The lowest BCUT2D eigenvalue weighted by atomic mass is 9.95. The smallest absolute Gasteiger partial charge is 0.300 e. The third kappa shape index (κ3) is 3.43. The van der Waals surface area contributed by atoms with Crippen LogP contribution in [0.15, 0.2) is 84.7 Å². The van der Waals surface area contributed by atoms with Crippen LogP contribution in [-0.4, -0.2) is 28.4 Å². The molecule has 6 nitrogen and oxygen atoms in total. The van der Waals surface area contributed by atoms with Crippen LogP contribution in [0.25, 0.3) is 5.76 Å². The van der Waals surface area contributed by atoms with Gasteiger partial charge >= 0.3 is 0 Å². The lowest BCUT2D eigenvalue weighted by Gasteiger charge is -2.25. The van der Waals surface area contributed by atoms with Crippen LogP contribution in [0.4, 0.5) is 5.69 Å². The van der Waals surface area contributed by atoms with E-state index in [9.17, 15) is 14.7 Å². The number of hydrogen-bond acceptors (Lipinski definition) is 5. The number of Topliss-reactive ketones (excluding diaryl/α,β-unsaturated/α-hetero) is 1. The number of aliphatic hydroxyl groups excluding tert-OH is 1. The molecule has 30 heavy (non-hydrogen) atoms. The van der Waals surface area contributed by atoms with E-state index >= 15 is 0 Å². The molecule has 4 rings (SSSR count). The second-order valence-electron chi connectivity index (χ2n) is 6.75. The maximum atomic E-state index is 13.0. The maximum Gasteiger partial charge on any atom is 0.300 e. The van der Waals surface area contributed by atoms with E-state index in [0.29, 0.717) is 29.2 Å². The summed E-state index contributed by atoms with van der Waals surface area (Å²) in [5, 5.41) is 11.1. The minimum absolute atomic E-state index is 0.0312. The number of pyridine rings is 1. The van der Waals surface area contributed by atoms with Gasteiger partial charge in [0.05, 0.1) is 18.2 Å². The van der Waals surface area contributed by atoms with Crippen molar-refractivity contribution in [1.29, 1.82) is 0 Å². The SMILES string of the molecule is CCOc1cccc(/C(O)=C2/C(=O)C(=O)N(c3ccccc3)C2c2ccncc2)c1. The van der Waals surface area contributed by atoms with Crippen LogP contribution in [0.5, 0.6) is 5.75 Å². The Morgan fingerprint density at radius 1 is 1.03 bits per heavy atom. The molecule has 0 radical (unpaired) electrons. The van der Waals surface area contributed by atoms with Gasteiger partial charge in [-0.25, -0.2) is 0 Å². The van der Waals surface area contributed by atoms with Crippen molar-refractivity contribution in [3.8, 4) is 5.75 Å². The molecule has 2 aromatic carbocycles. The minimum atomic E-state index is -0.772. The summed E-state index contributed by atoms with van der Waals surface area (Å²) in [6, 6.07) is 18.5. The molecular formula is C24H20N2O4. The van der Waals surface area contributed by atoms with Crippen molar-refractivity contribution in [2.75, 3.05) is 11.5 Å². The fraction of sp³-hybridized carbons (Fsp3) is 0.125. The molecule has 1 unspecified atom stereocenters. The molecule has 1 aliphatic rings. The average molecular weight is 400 g/mol. The summed E-state index contributed by atoms with van der Waals surface area (Å²) in [5.41, 5.74) is 1.69. The molecule has 1 amide bonds. The van der Waals surface area contributed by atoms with Gasteiger partial charge in [0.25, 0.3) is 11.7 Å². The summed E-state index contributed by atoms with van der Waals surface area (Å²) < 4.78 is 5.50. The number of amides is 1. The molecule has 1 fully saturated rings. The number of benzene rings is 2. The first-order valence-corrected chi connectivity index (χ1v) is 9.61. The number of carbonyl (C=O) groups excluding carboxylic acids is 2. The first-order chi connectivity index (χ1) is 14.6. The lowest BCUT2D eigenvalue weighted by molar-refractivity contribution is -0.132. The molecule has 6 heteroatoms. The Balaban J connectivity index is 1.91. The second kappa shape index (κ2) is 8.21. The number of para-hydroxylation sites is 1. The highest BCUT2D eigenvalue weighted by Crippen LogP contribution is 2.42.